The molecule has 0 saturated carbocycles. The molecule has 5 aromatic carbocycles. The molecule has 82 heavy (non-hydrogen) atoms. The highest BCUT2D eigenvalue weighted by Crippen LogP contribution is 2.37. The van der Waals surface area contributed by atoms with Gasteiger partial charge in [-0.25, -0.2) is 19.9 Å². The van der Waals surface area contributed by atoms with Gasteiger partial charge in [-0.15, -0.1) is 0 Å². The molecule has 4 saturated heterocycles. The molecule has 4 fully saturated rings. The van der Waals surface area contributed by atoms with Crippen LogP contribution in [0.5, 0.6) is 23.0 Å². The first-order valence-electron chi connectivity index (χ1n) is 32.0. The van der Waals surface area contributed by atoms with Crippen molar-refractivity contribution in [3.63, 3.8) is 0 Å². The molecule has 0 spiro atoms. The quantitative estimate of drug-likeness (QED) is 0.0345. The summed E-state index contributed by atoms with van der Waals surface area (Å²) in [6.45, 7) is 17.3. The number of unbranched alkanes of at least 4 members (excludes halogenated alkanes) is 4. The Bertz CT molecular complexity index is 2620. The predicted molar refractivity (Wildman–Crippen MR) is 334 cm³/mol. The summed E-state index contributed by atoms with van der Waals surface area (Å²) >= 11 is 0. The molecular formula is C70H90N8O4. The third kappa shape index (κ3) is 16.5. The lowest BCUT2D eigenvalue weighted by molar-refractivity contribution is 0.216. The summed E-state index contributed by atoms with van der Waals surface area (Å²) in [4.78, 5) is 32.2. The van der Waals surface area contributed by atoms with Crippen LogP contribution in [-0.2, 0) is 0 Å². The van der Waals surface area contributed by atoms with Crippen LogP contribution in [0.1, 0.15) is 128 Å². The fourth-order valence-electron chi connectivity index (χ4n) is 12.5. The number of likely N-dealkylation sites (tertiary alicyclic amines) is 4. The van der Waals surface area contributed by atoms with Gasteiger partial charge in [-0.3, -0.25) is 0 Å². The Morgan fingerprint density at radius 3 is 0.671 bits per heavy atom. The van der Waals surface area contributed by atoms with Gasteiger partial charge in [-0.05, 0) is 290 Å². The van der Waals surface area contributed by atoms with E-state index in [1.807, 2.05) is 0 Å². The van der Waals surface area contributed by atoms with Crippen molar-refractivity contribution >= 4 is 22.1 Å². The van der Waals surface area contributed by atoms with Crippen molar-refractivity contribution in [1.29, 1.82) is 0 Å². The number of fused-ring (bicyclic) bond motifs is 2. The molecule has 0 aliphatic carbocycles. The summed E-state index contributed by atoms with van der Waals surface area (Å²) in [5.74, 6) is 3.45. The number of nitrogens with zero attached hydrogens (tertiary/aromatic N) is 8. The first-order valence-corrected chi connectivity index (χ1v) is 32.0. The number of benzene rings is 5. The van der Waals surface area contributed by atoms with Crippen molar-refractivity contribution in [2.75, 3.05) is 105 Å². The molecule has 11 rings (SSSR count). The van der Waals surface area contributed by atoms with E-state index in [0.717, 1.165) is 168 Å². The monoisotopic (exact) mass is 1110 g/mol. The maximum atomic E-state index is 6.30. The Hall–Kier alpha value is -6.18. The molecule has 0 bridgehead atoms. The van der Waals surface area contributed by atoms with Crippen LogP contribution in [0, 0.1) is 0 Å². The molecule has 2 aromatic heterocycles. The number of piperidine rings is 4. The molecule has 4 aliphatic rings. The lowest BCUT2D eigenvalue weighted by Gasteiger charge is -2.26. The van der Waals surface area contributed by atoms with Crippen molar-refractivity contribution < 1.29 is 18.9 Å². The minimum Gasteiger partial charge on any atom is -0.494 e. The third-order valence-corrected chi connectivity index (χ3v) is 17.3. The zero-order valence-corrected chi connectivity index (χ0v) is 49.1. The van der Waals surface area contributed by atoms with Crippen molar-refractivity contribution in [2.24, 2.45) is 0 Å². The Balaban J connectivity index is 0.850. The van der Waals surface area contributed by atoms with Crippen molar-refractivity contribution in [1.82, 2.24) is 39.5 Å². The predicted octanol–water partition coefficient (Wildman–Crippen LogP) is 14.8. The molecular weight excluding hydrogens is 1020 g/mol. The Morgan fingerprint density at radius 1 is 0.256 bits per heavy atom. The Kier molecular flexibility index (Phi) is 21.4. The minimum absolute atomic E-state index is 0.703. The first-order chi connectivity index (χ1) is 40.6. The highest BCUT2D eigenvalue weighted by Gasteiger charge is 2.20. The van der Waals surface area contributed by atoms with E-state index < -0.39 is 0 Å². The summed E-state index contributed by atoms with van der Waals surface area (Å²) in [5.41, 5.74) is 10.0. The number of aromatic nitrogens is 4. The van der Waals surface area contributed by atoms with E-state index >= 15 is 0 Å². The molecule has 12 nitrogen and oxygen atoms in total. The van der Waals surface area contributed by atoms with Gasteiger partial charge in [0.2, 0.25) is 0 Å². The van der Waals surface area contributed by atoms with Crippen LogP contribution >= 0.6 is 0 Å². The maximum Gasteiger partial charge on any atom is 0.119 e. The third-order valence-electron chi connectivity index (χ3n) is 17.3. The average molecular weight is 1110 g/mol. The maximum absolute atomic E-state index is 6.30. The Labute approximate surface area is 489 Å². The number of ether oxygens (including phenoxy) is 4. The first kappa shape index (κ1) is 57.6. The van der Waals surface area contributed by atoms with Crippen LogP contribution in [0.3, 0.4) is 0 Å². The zero-order valence-electron chi connectivity index (χ0n) is 49.1. The summed E-state index contributed by atoms with van der Waals surface area (Å²) in [6.07, 6.45) is 24.9. The minimum atomic E-state index is 0.703. The van der Waals surface area contributed by atoms with Crippen molar-refractivity contribution in [2.45, 2.75) is 128 Å². The van der Waals surface area contributed by atoms with Crippen molar-refractivity contribution in [3.05, 3.63) is 109 Å². The van der Waals surface area contributed by atoms with E-state index in [0.29, 0.717) is 26.4 Å². The van der Waals surface area contributed by atoms with Gasteiger partial charge in [0.25, 0.3) is 0 Å². The fourth-order valence-corrected chi connectivity index (χ4v) is 12.5. The zero-order chi connectivity index (χ0) is 55.4. The highest BCUT2D eigenvalue weighted by molar-refractivity contribution is 5.96. The van der Waals surface area contributed by atoms with Crippen LogP contribution in [0.25, 0.3) is 67.1 Å². The molecule has 0 amide bonds. The summed E-state index contributed by atoms with van der Waals surface area (Å²) < 4.78 is 25.2. The molecule has 12 heteroatoms. The normalized spacial score (nSPS) is 16.9. The summed E-state index contributed by atoms with van der Waals surface area (Å²) in [7, 11) is 0. The van der Waals surface area contributed by atoms with Crippen LogP contribution in [-0.4, -0.2) is 145 Å². The van der Waals surface area contributed by atoms with E-state index in [2.05, 4.69) is 129 Å². The smallest absolute Gasteiger partial charge is 0.119 e. The SMILES string of the molecule is c1cc(-c2nc3cc4nc(-c5ccc(OCCCCN6CCCCC6)cc5)c(-c5ccc(OCCCCN6CCCCC6)cc5)nc4cc3nc2-c2ccc(OCCCCN3CCCCC3)cc2)ccc1OCCCCN1CCCCC1. The van der Waals surface area contributed by atoms with E-state index in [4.69, 9.17) is 38.9 Å². The van der Waals surface area contributed by atoms with E-state index in [1.165, 1.54) is 129 Å². The van der Waals surface area contributed by atoms with Crippen molar-refractivity contribution in [3.8, 4) is 68.0 Å². The van der Waals surface area contributed by atoms with Gasteiger partial charge < -0.3 is 38.5 Å². The fraction of sp³-hybridized carbons (Fsp3) is 0.514. The van der Waals surface area contributed by atoms with Gasteiger partial charge in [0.1, 0.15) is 23.0 Å². The molecule has 6 heterocycles. The summed E-state index contributed by atoms with van der Waals surface area (Å²) in [5, 5.41) is 0. The Morgan fingerprint density at radius 2 is 0.463 bits per heavy atom. The molecule has 0 N–H and O–H groups in total. The second kappa shape index (κ2) is 30.4. The molecule has 434 valence electrons. The second-order valence-corrected chi connectivity index (χ2v) is 23.6. The number of hydrogen-bond acceptors (Lipinski definition) is 12. The molecule has 4 aliphatic heterocycles. The number of hydrogen-bond donors (Lipinski definition) is 0. The van der Waals surface area contributed by atoms with Crippen LogP contribution in [0.2, 0.25) is 0 Å². The van der Waals surface area contributed by atoms with E-state index in [-0.39, 0.29) is 0 Å². The summed E-state index contributed by atoms with van der Waals surface area (Å²) in [6, 6.07) is 37.6. The molecule has 0 unspecified atom stereocenters. The van der Waals surface area contributed by atoms with Crippen LogP contribution in [0.4, 0.5) is 0 Å². The van der Waals surface area contributed by atoms with E-state index in [1.54, 1.807) is 0 Å². The number of rotatable bonds is 28. The highest BCUT2D eigenvalue weighted by atomic mass is 16.5. The van der Waals surface area contributed by atoms with Gasteiger partial charge in [0, 0.05) is 22.3 Å². The average Bonchev–Trinajstić information content (AvgIpc) is 3.71. The molecule has 0 atom stereocenters. The molecule has 7 aromatic rings. The van der Waals surface area contributed by atoms with Gasteiger partial charge >= 0.3 is 0 Å². The second-order valence-electron chi connectivity index (χ2n) is 23.6. The van der Waals surface area contributed by atoms with Gasteiger partial charge in [0.05, 0.1) is 71.3 Å². The van der Waals surface area contributed by atoms with Gasteiger partial charge in [-0.1, -0.05) is 25.7 Å². The van der Waals surface area contributed by atoms with Crippen LogP contribution in [0.15, 0.2) is 109 Å². The van der Waals surface area contributed by atoms with Crippen LogP contribution < -0.4 is 18.9 Å². The largest absolute Gasteiger partial charge is 0.494 e. The standard InChI is InChI=1S/C70H90N8O4/c1-5-37-75(38-6-1)45-13-17-49-79-59-29-21-55(22-30-59)67-68(56-23-31-60(32-24-56)80-50-18-14-46-76-39-7-2-8-40-76)72-64-54-66-65(53-63(64)71-67)73-69(57-25-33-61(34-26-57)81-51-19-15-47-77-41-9-3-10-42-77)70(74-66)58-27-35-62(36-28-58)82-52-20-16-48-78-43-11-4-12-44-78/h21-36,53-54H,1-20,37-52H2. The topological polar surface area (TPSA) is 101 Å². The van der Waals surface area contributed by atoms with E-state index in [9.17, 15) is 0 Å². The molecule has 0 radical (unpaired) electrons. The lowest BCUT2D eigenvalue weighted by Crippen LogP contribution is -2.30. The van der Waals surface area contributed by atoms with Gasteiger partial charge in [-0.2, -0.15) is 0 Å². The lowest BCUT2D eigenvalue weighted by atomic mass is 10.0. The van der Waals surface area contributed by atoms with Gasteiger partial charge in [0.15, 0.2) is 0 Å².